The molecule has 2 rings (SSSR count). The van der Waals surface area contributed by atoms with E-state index in [1.165, 1.54) is 0 Å². The topological polar surface area (TPSA) is 134 Å². The average molecular weight is 294 g/mol. The van der Waals surface area contributed by atoms with Crippen molar-refractivity contribution in [2.75, 3.05) is 11.9 Å². The van der Waals surface area contributed by atoms with Crippen LogP contribution in [0.25, 0.3) is 0 Å². The van der Waals surface area contributed by atoms with Crippen molar-refractivity contribution in [2.45, 2.75) is 25.3 Å². The number of anilines is 1. The van der Waals surface area contributed by atoms with Gasteiger partial charge in [-0.05, 0) is 12.8 Å². The second-order valence-corrected chi connectivity index (χ2v) is 4.67. The van der Waals surface area contributed by atoms with Crippen LogP contribution >= 0.6 is 0 Å². The number of nitro groups is 1. The van der Waals surface area contributed by atoms with Crippen LogP contribution in [0.3, 0.4) is 0 Å². The van der Waals surface area contributed by atoms with Gasteiger partial charge in [-0.3, -0.25) is 14.9 Å². The molecular weight excluding hydrogens is 280 g/mol. The van der Waals surface area contributed by atoms with Gasteiger partial charge in [-0.2, -0.15) is 0 Å². The first-order valence-corrected chi connectivity index (χ1v) is 6.38. The summed E-state index contributed by atoms with van der Waals surface area (Å²) in [6, 6.07) is 1.37. The Morgan fingerprint density at radius 1 is 1.48 bits per heavy atom. The highest BCUT2D eigenvalue weighted by atomic mass is 16.6. The molecule has 0 spiro atoms. The van der Waals surface area contributed by atoms with Crippen LogP contribution in [0.5, 0.6) is 0 Å². The normalized spacial score (nSPS) is 13.5. The molecule has 1 amide bonds. The molecule has 0 bridgehead atoms. The molecule has 0 atom stereocenters. The first-order valence-electron chi connectivity index (χ1n) is 6.38. The van der Waals surface area contributed by atoms with Crippen molar-refractivity contribution in [2.24, 2.45) is 0 Å². The van der Waals surface area contributed by atoms with Gasteiger partial charge < -0.3 is 15.7 Å². The molecule has 1 saturated carbocycles. The van der Waals surface area contributed by atoms with Crippen LogP contribution in [-0.4, -0.2) is 39.5 Å². The minimum Gasteiger partial charge on any atom is -0.477 e. The fraction of sp³-hybridized carbons (Fsp3) is 0.417. The number of hydrogen-bond donors (Lipinski definition) is 3. The first kappa shape index (κ1) is 14.7. The molecule has 1 aromatic rings. The third-order valence-electron chi connectivity index (χ3n) is 2.91. The van der Waals surface area contributed by atoms with Gasteiger partial charge in [0.25, 0.3) is 0 Å². The van der Waals surface area contributed by atoms with E-state index in [-0.39, 0.29) is 30.7 Å². The second kappa shape index (κ2) is 6.16. The number of nitrogens with one attached hydrogen (secondary N) is 2. The molecule has 0 aromatic carbocycles. The van der Waals surface area contributed by atoms with Crippen molar-refractivity contribution in [1.29, 1.82) is 0 Å². The van der Waals surface area contributed by atoms with Gasteiger partial charge >= 0.3 is 11.7 Å². The zero-order valence-corrected chi connectivity index (χ0v) is 11.0. The lowest BCUT2D eigenvalue weighted by atomic mass is 10.2. The van der Waals surface area contributed by atoms with E-state index in [1.807, 2.05) is 0 Å². The number of amides is 1. The lowest BCUT2D eigenvalue weighted by Gasteiger charge is -2.07. The quantitative estimate of drug-likeness (QED) is 0.499. The molecular formula is C12H14N4O5. The Hall–Kier alpha value is -2.71. The van der Waals surface area contributed by atoms with Crippen molar-refractivity contribution < 1.29 is 19.6 Å². The minimum atomic E-state index is -1.40. The molecule has 0 unspecified atom stereocenters. The van der Waals surface area contributed by atoms with Crippen LogP contribution in [0.1, 0.15) is 29.6 Å². The molecule has 1 aromatic heterocycles. The first-order chi connectivity index (χ1) is 9.97. The minimum absolute atomic E-state index is 0.0923. The van der Waals surface area contributed by atoms with E-state index in [1.54, 1.807) is 0 Å². The van der Waals surface area contributed by atoms with Gasteiger partial charge in [0, 0.05) is 25.1 Å². The van der Waals surface area contributed by atoms with E-state index in [0.717, 1.165) is 25.1 Å². The highest BCUT2D eigenvalue weighted by molar-refractivity contribution is 5.93. The number of aromatic carboxylic acids is 1. The number of hydrogen-bond acceptors (Lipinski definition) is 6. The van der Waals surface area contributed by atoms with Crippen molar-refractivity contribution in [1.82, 2.24) is 10.3 Å². The van der Waals surface area contributed by atoms with Crippen molar-refractivity contribution >= 4 is 23.4 Å². The average Bonchev–Trinajstić information content (AvgIpc) is 3.22. The Balaban J connectivity index is 1.93. The largest absolute Gasteiger partial charge is 0.477 e. The number of pyridine rings is 1. The van der Waals surface area contributed by atoms with Crippen molar-refractivity contribution in [3.63, 3.8) is 0 Å². The summed E-state index contributed by atoms with van der Waals surface area (Å²) < 4.78 is 0. The maximum absolute atomic E-state index is 11.4. The standard InChI is InChI=1S/C12H14N4O5/c17-11(15-7-1-2-7)3-4-13-10-5-8(12(18)19)9(6-14-10)16(20)21/h5-7H,1-4H2,(H,13,14)(H,15,17)(H,18,19). The van der Waals surface area contributed by atoms with E-state index in [0.29, 0.717) is 0 Å². The van der Waals surface area contributed by atoms with Crippen molar-refractivity contribution in [3.05, 3.63) is 27.9 Å². The number of rotatable bonds is 7. The zero-order valence-electron chi connectivity index (χ0n) is 11.0. The van der Waals surface area contributed by atoms with Crippen LogP contribution in [0, 0.1) is 10.1 Å². The third kappa shape index (κ3) is 4.13. The van der Waals surface area contributed by atoms with Gasteiger partial charge in [-0.15, -0.1) is 0 Å². The summed E-state index contributed by atoms with van der Waals surface area (Å²) in [7, 11) is 0. The van der Waals surface area contributed by atoms with E-state index >= 15 is 0 Å². The summed E-state index contributed by atoms with van der Waals surface area (Å²) in [5, 5.41) is 25.2. The van der Waals surface area contributed by atoms with Gasteiger partial charge in [0.05, 0.1) is 4.92 Å². The molecule has 0 radical (unpaired) electrons. The number of carboxylic acids is 1. The molecule has 1 aliphatic carbocycles. The maximum Gasteiger partial charge on any atom is 0.342 e. The molecule has 1 aliphatic rings. The van der Waals surface area contributed by atoms with Gasteiger partial charge in [0.2, 0.25) is 5.91 Å². The lowest BCUT2D eigenvalue weighted by Crippen LogP contribution is -2.27. The predicted octanol–water partition coefficient (Wildman–Crippen LogP) is 0.769. The molecule has 3 N–H and O–H groups in total. The van der Waals surface area contributed by atoms with E-state index in [4.69, 9.17) is 5.11 Å². The molecule has 1 fully saturated rings. The molecule has 21 heavy (non-hydrogen) atoms. The number of carbonyl (C=O) groups excluding carboxylic acids is 1. The smallest absolute Gasteiger partial charge is 0.342 e. The number of aromatic nitrogens is 1. The second-order valence-electron chi connectivity index (χ2n) is 4.67. The summed E-state index contributed by atoms with van der Waals surface area (Å²) in [6.07, 6.45) is 3.11. The fourth-order valence-corrected chi connectivity index (χ4v) is 1.69. The van der Waals surface area contributed by atoms with Crippen LogP contribution in [-0.2, 0) is 4.79 Å². The molecule has 112 valence electrons. The van der Waals surface area contributed by atoms with Gasteiger partial charge in [-0.1, -0.05) is 0 Å². The fourth-order valence-electron chi connectivity index (χ4n) is 1.69. The SMILES string of the molecule is O=C(CCNc1cc(C(=O)O)c([N+](=O)[O-])cn1)NC1CC1. The Kier molecular flexibility index (Phi) is 4.31. The molecule has 9 heteroatoms. The summed E-state index contributed by atoms with van der Waals surface area (Å²) in [5.74, 6) is -1.32. The highest BCUT2D eigenvalue weighted by Crippen LogP contribution is 2.20. The maximum atomic E-state index is 11.4. The van der Waals surface area contributed by atoms with Crippen LogP contribution in [0.4, 0.5) is 11.5 Å². The number of nitrogens with zero attached hydrogens (tertiary/aromatic N) is 2. The zero-order chi connectivity index (χ0) is 15.4. The molecule has 0 saturated heterocycles. The Morgan fingerprint density at radius 2 is 2.19 bits per heavy atom. The molecule has 9 nitrogen and oxygen atoms in total. The Labute approximate surface area is 119 Å². The predicted molar refractivity (Wildman–Crippen MR) is 72.1 cm³/mol. The number of carbonyl (C=O) groups is 2. The molecule has 1 heterocycles. The summed E-state index contributed by atoms with van der Waals surface area (Å²) in [4.78, 5) is 36.1. The number of carboxylic acid groups (broad SMARTS) is 1. The lowest BCUT2D eigenvalue weighted by molar-refractivity contribution is -0.385. The van der Waals surface area contributed by atoms with Crippen LogP contribution in [0.15, 0.2) is 12.3 Å². The van der Waals surface area contributed by atoms with Crippen LogP contribution in [0.2, 0.25) is 0 Å². The molecule has 0 aliphatic heterocycles. The van der Waals surface area contributed by atoms with E-state index in [9.17, 15) is 19.7 Å². The Bertz CT molecular complexity index is 585. The summed E-state index contributed by atoms with van der Waals surface area (Å²) in [5.41, 5.74) is -1.01. The van der Waals surface area contributed by atoms with Gasteiger partial charge in [0.1, 0.15) is 17.6 Å². The van der Waals surface area contributed by atoms with Crippen molar-refractivity contribution in [3.8, 4) is 0 Å². The summed E-state index contributed by atoms with van der Waals surface area (Å²) >= 11 is 0. The van der Waals surface area contributed by atoms with Gasteiger partial charge in [0.15, 0.2) is 0 Å². The van der Waals surface area contributed by atoms with Crippen LogP contribution < -0.4 is 10.6 Å². The summed E-state index contributed by atoms with van der Waals surface area (Å²) in [6.45, 7) is 0.266. The highest BCUT2D eigenvalue weighted by Gasteiger charge is 2.23. The monoisotopic (exact) mass is 294 g/mol. The van der Waals surface area contributed by atoms with Gasteiger partial charge in [-0.25, -0.2) is 9.78 Å². The van der Waals surface area contributed by atoms with E-state index < -0.39 is 22.1 Å². The third-order valence-corrected chi connectivity index (χ3v) is 2.91. The van der Waals surface area contributed by atoms with E-state index in [2.05, 4.69) is 15.6 Å². The Morgan fingerprint density at radius 3 is 2.76 bits per heavy atom.